The van der Waals surface area contributed by atoms with Gasteiger partial charge in [0.2, 0.25) is 10.0 Å². The number of rotatable bonds is 4. The zero-order valence-corrected chi connectivity index (χ0v) is 14.0. The van der Waals surface area contributed by atoms with E-state index in [4.69, 9.17) is 5.73 Å². The first-order valence-corrected chi connectivity index (χ1v) is 8.58. The van der Waals surface area contributed by atoms with Crippen molar-refractivity contribution < 1.29 is 21.6 Å². The van der Waals surface area contributed by atoms with E-state index in [9.17, 15) is 21.6 Å². The van der Waals surface area contributed by atoms with Crippen molar-refractivity contribution in [1.82, 2.24) is 4.72 Å². The van der Waals surface area contributed by atoms with Crippen LogP contribution in [0.1, 0.15) is 31.2 Å². The summed E-state index contributed by atoms with van der Waals surface area (Å²) in [7, 11) is -3.71. The third-order valence-electron chi connectivity index (χ3n) is 3.73. The third-order valence-corrected chi connectivity index (χ3v) is 5.27. The molecule has 1 aromatic rings. The van der Waals surface area contributed by atoms with Crippen LogP contribution in [0, 0.1) is 0 Å². The van der Waals surface area contributed by atoms with Gasteiger partial charge in [-0.25, -0.2) is 13.1 Å². The van der Waals surface area contributed by atoms with Crippen molar-refractivity contribution in [2.45, 2.75) is 55.3 Å². The topological polar surface area (TPSA) is 72.2 Å². The molecule has 0 radical (unpaired) electrons. The summed E-state index contributed by atoms with van der Waals surface area (Å²) in [4.78, 5) is -0.0201. The molecule has 0 atom stereocenters. The minimum Gasteiger partial charge on any atom is -0.328 e. The smallest absolute Gasteiger partial charge is 0.328 e. The van der Waals surface area contributed by atoms with Gasteiger partial charge in [0.1, 0.15) is 0 Å². The van der Waals surface area contributed by atoms with Crippen LogP contribution in [0.2, 0.25) is 0 Å². The van der Waals surface area contributed by atoms with Crippen LogP contribution in [0.15, 0.2) is 29.2 Å². The summed E-state index contributed by atoms with van der Waals surface area (Å²) in [5.74, 6) is 0. The molecule has 1 aromatic carbocycles. The van der Waals surface area contributed by atoms with E-state index in [0.29, 0.717) is 12.8 Å². The predicted molar refractivity (Wildman–Crippen MR) is 84.0 cm³/mol. The van der Waals surface area contributed by atoms with Gasteiger partial charge >= 0.3 is 6.18 Å². The molecule has 1 fully saturated rings. The number of benzene rings is 1. The quantitative estimate of drug-likeness (QED) is 0.853. The van der Waals surface area contributed by atoms with Crippen LogP contribution < -0.4 is 10.5 Å². The number of nitrogens with two attached hydrogens (primary N) is 1. The summed E-state index contributed by atoms with van der Waals surface area (Å²) in [5.41, 5.74) is 5.81. The standard InChI is InChI=1S/C14H19F3N2O2S.ClH/c15-14(16,17)9-10-1-7-13(8-2-10)22(20,21)19-12-5-3-11(18)4-6-12;/h1-2,7-8,11-12,19H,3-6,9,18H2;1H. The van der Waals surface area contributed by atoms with Gasteiger partial charge in [-0.3, -0.25) is 0 Å². The highest BCUT2D eigenvalue weighted by molar-refractivity contribution is 7.89. The molecule has 9 heteroatoms. The molecule has 0 spiro atoms. The molecule has 0 aromatic heterocycles. The molecule has 1 saturated carbocycles. The fourth-order valence-corrected chi connectivity index (χ4v) is 3.85. The monoisotopic (exact) mass is 372 g/mol. The van der Waals surface area contributed by atoms with E-state index >= 15 is 0 Å². The number of nitrogens with one attached hydrogen (secondary N) is 1. The van der Waals surface area contributed by atoms with Gasteiger partial charge in [-0.1, -0.05) is 12.1 Å². The van der Waals surface area contributed by atoms with Gasteiger partial charge in [0.15, 0.2) is 0 Å². The fraction of sp³-hybridized carbons (Fsp3) is 0.571. The van der Waals surface area contributed by atoms with E-state index in [0.717, 1.165) is 12.8 Å². The number of alkyl halides is 3. The molecule has 0 unspecified atom stereocenters. The largest absolute Gasteiger partial charge is 0.393 e. The van der Waals surface area contributed by atoms with E-state index in [-0.39, 0.29) is 34.9 Å². The Morgan fingerprint density at radius 3 is 2.09 bits per heavy atom. The third kappa shape index (κ3) is 6.29. The first kappa shape index (κ1) is 20.2. The molecule has 0 saturated heterocycles. The van der Waals surface area contributed by atoms with Gasteiger partial charge in [-0.2, -0.15) is 13.2 Å². The van der Waals surface area contributed by atoms with Gasteiger partial charge < -0.3 is 5.73 Å². The highest BCUT2D eigenvalue weighted by Crippen LogP contribution is 2.23. The summed E-state index contributed by atoms with van der Waals surface area (Å²) >= 11 is 0. The maximum Gasteiger partial charge on any atom is 0.393 e. The second-order valence-corrected chi connectivity index (χ2v) is 7.38. The molecule has 0 heterocycles. The Kier molecular flexibility index (Phi) is 6.88. The Labute approximate surface area is 140 Å². The van der Waals surface area contributed by atoms with Gasteiger partial charge in [-0.15, -0.1) is 12.4 Å². The number of sulfonamides is 1. The Morgan fingerprint density at radius 1 is 1.09 bits per heavy atom. The van der Waals surface area contributed by atoms with E-state index < -0.39 is 22.6 Å². The van der Waals surface area contributed by atoms with Gasteiger partial charge in [0.25, 0.3) is 0 Å². The molecule has 1 aliphatic rings. The van der Waals surface area contributed by atoms with Crippen molar-refractivity contribution >= 4 is 22.4 Å². The number of halogens is 4. The van der Waals surface area contributed by atoms with Gasteiger partial charge in [-0.05, 0) is 43.4 Å². The molecule has 23 heavy (non-hydrogen) atoms. The van der Waals surface area contributed by atoms with Crippen molar-refractivity contribution in [2.24, 2.45) is 5.73 Å². The lowest BCUT2D eigenvalue weighted by atomic mass is 9.93. The zero-order valence-electron chi connectivity index (χ0n) is 12.3. The van der Waals surface area contributed by atoms with E-state index in [1.54, 1.807) is 0 Å². The fourth-order valence-electron chi connectivity index (χ4n) is 2.54. The Bertz CT molecular complexity index is 597. The highest BCUT2D eigenvalue weighted by Gasteiger charge is 2.28. The number of hydrogen-bond acceptors (Lipinski definition) is 3. The molecule has 4 nitrogen and oxygen atoms in total. The van der Waals surface area contributed by atoms with Crippen LogP contribution in [-0.2, 0) is 16.4 Å². The Morgan fingerprint density at radius 2 is 1.61 bits per heavy atom. The van der Waals surface area contributed by atoms with Crippen molar-refractivity contribution in [2.75, 3.05) is 0 Å². The summed E-state index contributed by atoms with van der Waals surface area (Å²) in [5, 5.41) is 0. The van der Waals surface area contributed by atoms with Crippen LogP contribution in [0.25, 0.3) is 0 Å². The lowest BCUT2D eigenvalue weighted by Gasteiger charge is -2.26. The molecular formula is C14H20ClF3N2O2S. The maximum atomic E-state index is 12.3. The van der Waals surface area contributed by atoms with E-state index in [1.165, 1.54) is 24.3 Å². The van der Waals surface area contributed by atoms with Crippen LogP contribution in [0.3, 0.4) is 0 Å². The van der Waals surface area contributed by atoms with Crippen LogP contribution in [-0.4, -0.2) is 26.7 Å². The lowest BCUT2D eigenvalue weighted by Crippen LogP contribution is -2.40. The average Bonchev–Trinajstić information content (AvgIpc) is 2.40. The Balaban J connectivity index is 0.00000264. The minimum absolute atomic E-state index is 0. The summed E-state index contributed by atoms with van der Waals surface area (Å²) < 4.78 is 63.8. The minimum atomic E-state index is -4.31. The summed E-state index contributed by atoms with van der Waals surface area (Å²) in [6.45, 7) is 0. The molecule has 132 valence electrons. The van der Waals surface area contributed by atoms with Crippen LogP contribution >= 0.6 is 12.4 Å². The molecular weight excluding hydrogens is 353 g/mol. The molecule has 3 N–H and O–H groups in total. The molecule has 0 aliphatic heterocycles. The van der Waals surface area contributed by atoms with E-state index in [1.807, 2.05) is 0 Å². The van der Waals surface area contributed by atoms with Crippen LogP contribution in [0.5, 0.6) is 0 Å². The summed E-state index contributed by atoms with van der Waals surface area (Å²) in [6, 6.07) is 4.75. The van der Waals surface area contributed by atoms with Gasteiger partial charge in [0.05, 0.1) is 11.3 Å². The van der Waals surface area contributed by atoms with Crippen LogP contribution in [0.4, 0.5) is 13.2 Å². The second kappa shape index (κ2) is 7.83. The SMILES string of the molecule is Cl.NC1CCC(NS(=O)(=O)c2ccc(CC(F)(F)F)cc2)CC1. The average molecular weight is 373 g/mol. The summed E-state index contributed by atoms with van der Waals surface area (Å²) in [6.07, 6.45) is -2.50. The molecule has 2 rings (SSSR count). The molecule has 1 aliphatic carbocycles. The van der Waals surface area contributed by atoms with Crippen molar-refractivity contribution in [1.29, 1.82) is 0 Å². The molecule has 0 bridgehead atoms. The zero-order chi connectivity index (χ0) is 16.4. The van der Waals surface area contributed by atoms with Crippen molar-refractivity contribution in [3.8, 4) is 0 Å². The van der Waals surface area contributed by atoms with Crippen molar-refractivity contribution in [3.05, 3.63) is 29.8 Å². The second-order valence-electron chi connectivity index (χ2n) is 5.67. The predicted octanol–water partition coefficient (Wildman–Crippen LogP) is 2.76. The first-order chi connectivity index (χ1) is 10.2. The number of hydrogen-bond donors (Lipinski definition) is 2. The normalized spacial score (nSPS) is 22.4. The van der Waals surface area contributed by atoms with Crippen molar-refractivity contribution in [3.63, 3.8) is 0 Å². The Hall–Kier alpha value is -0.830. The van der Waals surface area contributed by atoms with E-state index in [2.05, 4.69) is 4.72 Å². The maximum absolute atomic E-state index is 12.3. The van der Waals surface area contributed by atoms with Gasteiger partial charge in [0, 0.05) is 12.1 Å². The molecule has 0 amide bonds. The lowest BCUT2D eigenvalue weighted by molar-refractivity contribution is -0.127. The first-order valence-electron chi connectivity index (χ1n) is 7.09. The highest BCUT2D eigenvalue weighted by atomic mass is 35.5.